The monoisotopic (exact) mass is 346 g/mol. The van der Waals surface area contributed by atoms with Crippen molar-refractivity contribution in [1.82, 2.24) is 0 Å². The van der Waals surface area contributed by atoms with Crippen LogP contribution in [0.4, 0.5) is 0 Å². The van der Waals surface area contributed by atoms with Crippen molar-refractivity contribution in [3.63, 3.8) is 0 Å². The van der Waals surface area contributed by atoms with E-state index in [2.05, 4.69) is 48.0 Å². The molecule has 0 N–H and O–H groups in total. The fraction of sp³-hybridized carbons (Fsp3) is 0.278. The van der Waals surface area contributed by atoms with E-state index in [-0.39, 0.29) is 5.78 Å². The Morgan fingerprint density at radius 1 is 1.10 bits per heavy atom. The number of ether oxygens (including phenoxy) is 1. The van der Waals surface area contributed by atoms with E-state index in [0.717, 1.165) is 10.0 Å². The number of ketones is 1. The van der Waals surface area contributed by atoms with E-state index in [0.29, 0.717) is 19.6 Å². The number of aryl methyl sites for hydroxylation is 2. The fourth-order valence-corrected chi connectivity index (χ4v) is 2.40. The number of hydrogen-bond acceptors (Lipinski definition) is 2. The summed E-state index contributed by atoms with van der Waals surface area (Å²) in [4.78, 5) is 12.0. The lowest BCUT2D eigenvalue weighted by molar-refractivity contribution is 0.0848. The first-order valence-corrected chi connectivity index (χ1v) is 7.78. The Morgan fingerprint density at radius 2 is 1.81 bits per heavy atom. The Bertz CT molecular complexity index is 618. The summed E-state index contributed by atoms with van der Waals surface area (Å²) in [5.74, 6) is 0.114. The standard InChI is InChI=1S/C18H19BrO2/c1-13-3-4-16(14(2)11-13)12-21-10-9-18(20)15-5-7-17(19)8-6-15/h3-8,11H,9-10,12H2,1-2H3. The van der Waals surface area contributed by atoms with Crippen LogP contribution < -0.4 is 0 Å². The second-order valence-electron chi connectivity index (χ2n) is 5.16. The van der Waals surface area contributed by atoms with Gasteiger partial charge in [0.15, 0.2) is 5.78 Å². The molecule has 0 saturated heterocycles. The molecule has 0 aliphatic rings. The lowest BCUT2D eigenvalue weighted by Crippen LogP contribution is -2.05. The molecule has 21 heavy (non-hydrogen) atoms. The van der Waals surface area contributed by atoms with Gasteiger partial charge in [0.25, 0.3) is 0 Å². The molecule has 0 bridgehead atoms. The first-order chi connectivity index (χ1) is 10.1. The summed E-state index contributed by atoms with van der Waals surface area (Å²) < 4.78 is 6.60. The predicted octanol–water partition coefficient (Wildman–Crippen LogP) is 4.86. The minimum Gasteiger partial charge on any atom is -0.376 e. The highest BCUT2D eigenvalue weighted by Crippen LogP contribution is 2.13. The highest BCUT2D eigenvalue weighted by atomic mass is 79.9. The normalized spacial score (nSPS) is 10.6. The maximum atomic E-state index is 12.0. The van der Waals surface area contributed by atoms with E-state index in [1.54, 1.807) is 0 Å². The van der Waals surface area contributed by atoms with E-state index in [1.165, 1.54) is 16.7 Å². The summed E-state index contributed by atoms with van der Waals surface area (Å²) in [6.45, 7) is 5.16. The molecular formula is C18H19BrO2. The van der Waals surface area contributed by atoms with E-state index < -0.39 is 0 Å². The number of hydrogen-bond donors (Lipinski definition) is 0. The van der Waals surface area contributed by atoms with Gasteiger partial charge in [0.1, 0.15) is 0 Å². The number of rotatable bonds is 6. The number of halogens is 1. The van der Waals surface area contributed by atoms with Crippen LogP contribution in [0.5, 0.6) is 0 Å². The predicted molar refractivity (Wildman–Crippen MR) is 88.7 cm³/mol. The summed E-state index contributed by atoms with van der Waals surface area (Å²) >= 11 is 3.36. The maximum absolute atomic E-state index is 12.0. The van der Waals surface area contributed by atoms with Crippen molar-refractivity contribution in [3.8, 4) is 0 Å². The SMILES string of the molecule is Cc1ccc(COCCC(=O)c2ccc(Br)cc2)c(C)c1. The zero-order chi connectivity index (χ0) is 15.2. The second kappa shape index (κ2) is 7.53. The molecule has 0 saturated carbocycles. The fourth-order valence-electron chi connectivity index (χ4n) is 2.13. The Labute approximate surface area is 134 Å². The number of benzene rings is 2. The molecule has 0 aliphatic carbocycles. The average Bonchev–Trinajstić information content (AvgIpc) is 2.46. The molecule has 3 heteroatoms. The molecule has 2 aromatic carbocycles. The lowest BCUT2D eigenvalue weighted by atomic mass is 10.1. The molecule has 0 atom stereocenters. The molecule has 0 aliphatic heterocycles. The molecule has 2 rings (SSSR count). The van der Waals surface area contributed by atoms with Gasteiger partial charge >= 0.3 is 0 Å². The third-order valence-corrected chi connectivity index (χ3v) is 3.92. The van der Waals surface area contributed by atoms with Gasteiger partial charge in [0, 0.05) is 16.5 Å². The summed E-state index contributed by atoms with van der Waals surface area (Å²) in [7, 11) is 0. The van der Waals surface area contributed by atoms with Crippen LogP contribution in [-0.4, -0.2) is 12.4 Å². The van der Waals surface area contributed by atoms with Gasteiger partial charge in [0.05, 0.1) is 13.2 Å². The van der Waals surface area contributed by atoms with Crippen molar-refractivity contribution in [1.29, 1.82) is 0 Å². The van der Waals surface area contributed by atoms with Crippen molar-refractivity contribution in [2.75, 3.05) is 6.61 Å². The van der Waals surface area contributed by atoms with E-state index in [9.17, 15) is 4.79 Å². The first-order valence-electron chi connectivity index (χ1n) is 6.99. The zero-order valence-electron chi connectivity index (χ0n) is 12.4. The summed E-state index contributed by atoms with van der Waals surface area (Å²) in [5, 5.41) is 0. The van der Waals surface area contributed by atoms with Gasteiger partial charge in [0.2, 0.25) is 0 Å². The topological polar surface area (TPSA) is 26.3 Å². The highest BCUT2D eigenvalue weighted by molar-refractivity contribution is 9.10. The minimum absolute atomic E-state index is 0.114. The van der Waals surface area contributed by atoms with Crippen LogP contribution in [0.2, 0.25) is 0 Å². The van der Waals surface area contributed by atoms with Gasteiger partial charge in [-0.2, -0.15) is 0 Å². The van der Waals surface area contributed by atoms with Gasteiger partial charge in [-0.1, -0.05) is 51.8 Å². The molecule has 0 aromatic heterocycles. The Balaban J connectivity index is 1.79. The van der Waals surface area contributed by atoms with Crippen LogP contribution in [0.25, 0.3) is 0 Å². The van der Waals surface area contributed by atoms with Crippen LogP contribution in [0.1, 0.15) is 33.5 Å². The Morgan fingerprint density at radius 3 is 2.48 bits per heavy atom. The van der Waals surface area contributed by atoms with E-state index >= 15 is 0 Å². The van der Waals surface area contributed by atoms with Crippen LogP contribution in [0, 0.1) is 13.8 Å². The minimum atomic E-state index is 0.114. The van der Waals surface area contributed by atoms with Gasteiger partial charge in [-0.3, -0.25) is 4.79 Å². The van der Waals surface area contributed by atoms with Crippen molar-refractivity contribution >= 4 is 21.7 Å². The zero-order valence-corrected chi connectivity index (χ0v) is 13.9. The molecule has 0 amide bonds. The molecule has 0 spiro atoms. The van der Waals surface area contributed by atoms with Crippen LogP contribution in [-0.2, 0) is 11.3 Å². The number of carbonyl (C=O) groups is 1. The molecule has 2 nitrogen and oxygen atoms in total. The number of Topliss-reactive ketones (excluding diaryl/α,β-unsaturated/α-hetero) is 1. The molecule has 0 heterocycles. The second-order valence-corrected chi connectivity index (χ2v) is 6.08. The molecular weight excluding hydrogens is 328 g/mol. The van der Waals surface area contributed by atoms with Crippen LogP contribution >= 0.6 is 15.9 Å². The lowest BCUT2D eigenvalue weighted by Gasteiger charge is -2.08. The van der Waals surface area contributed by atoms with E-state index in [4.69, 9.17) is 4.74 Å². The molecule has 0 fully saturated rings. The van der Waals surface area contributed by atoms with E-state index in [1.807, 2.05) is 24.3 Å². The Hall–Kier alpha value is -1.45. The van der Waals surface area contributed by atoms with Crippen LogP contribution in [0.15, 0.2) is 46.9 Å². The van der Waals surface area contributed by atoms with Crippen molar-refractivity contribution in [2.45, 2.75) is 26.9 Å². The summed E-state index contributed by atoms with van der Waals surface area (Å²) in [5.41, 5.74) is 4.39. The number of carbonyl (C=O) groups excluding carboxylic acids is 1. The smallest absolute Gasteiger partial charge is 0.165 e. The van der Waals surface area contributed by atoms with Crippen molar-refractivity contribution in [2.24, 2.45) is 0 Å². The third kappa shape index (κ3) is 4.80. The molecule has 110 valence electrons. The van der Waals surface area contributed by atoms with Crippen molar-refractivity contribution in [3.05, 3.63) is 69.2 Å². The van der Waals surface area contributed by atoms with Crippen molar-refractivity contribution < 1.29 is 9.53 Å². The summed E-state index contributed by atoms with van der Waals surface area (Å²) in [6.07, 6.45) is 0.409. The highest BCUT2D eigenvalue weighted by Gasteiger charge is 2.06. The van der Waals surface area contributed by atoms with Crippen LogP contribution in [0.3, 0.4) is 0 Å². The quantitative estimate of drug-likeness (QED) is 0.551. The summed E-state index contributed by atoms with van der Waals surface area (Å²) in [6, 6.07) is 13.7. The van der Waals surface area contributed by atoms with Gasteiger partial charge < -0.3 is 4.74 Å². The van der Waals surface area contributed by atoms with Gasteiger partial charge in [-0.25, -0.2) is 0 Å². The van der Waals surface area contributed by atoms with Gasteiger partial charge in [-0.15, -0.1) is 0 Å². The Kier molecular flexibility index (Phi) is 5.71. The average molecular weight is 347 g/mol. The maximum Gasteiger partial charge on any atom is 0.165 e. The first kappa shape index (κ1) is 15.9. The van der Waals surface area contributed by atoms with Gasteiger partial charge in [-0.05, 0) is 37.1 Å². The third-order valence-electron chi connectivity index (χ3n) is 3.40. The molecule has 2 aromatic rings. The molecule has 0 unspecified atom stereocenters. The molecule has 0 radical (unpaired) electrons. The largest absolute Gasteiger partial charge is 0.376 e.